The van der Waals surface area contributed by atoms with E-state index in [0.29, 0.717) is 18.3 Å². The third kappa shape index (κ3) is 8.95. The minimum atomic E-state index is -0.225. The maximum absolute atomic E-state index is 11.8. The molecular weight excluding hydrogens is 388 g/mol. The number of carbonyl (C=O) groups is 2. The Morgan fingerprint density at radius 2 is 1.06 bits per heavy atom. The number of carbonyl (C=O) groups excluding carboxylic acids is 2. The molecule has 2 N–H and O–H groups in total. The van der Waals surface area contributed by atoms with Crippen molar-refractivity contribution in [1.29, 1.82) is 0 Å². The van der Waals surface area contributed by atoms with Gasteiger partial charge in [-0.1, -0.05) is 76.2 Å². The molecule has 0 unspecified atom stereocenters. The van der Waals surface area contributed by atoms with E-state index >= 15 is 0 Å². The molecule has 2 rings (SSSR count). The van der Waals surface area contributed by atoms with Crippen LogP contribution in [0, 0.1) is 0 Å². The highest BCUT2D eigenvalue weighted by atomic mass is 16.2. The minimum Gasteiger partial charge on any atom is -0.273 e. The first-order valence-electron chi connectivity index (χ1n) is 10.7. The molecule has 0 aliphatic rings. The second-order valence-corrected chi connectivity index (χ2v) is 8.08. The molecule has 6 nitrogen and oxygen atoms in total. The second kappa shape index (κ2) is 12.4. The number of rotatable bonds is 10. The Bertz CT molecular complexity index is 823. The van der Waals surface area contributed by atoms with Crippen LogP contribution in [0.15, 0.2) is 58.7 Å². The lowest BCUT2D eigenvalue weighted by Gasteiger charge is -2.04. The Hall–Kier alpha value is -3.28. The summed E-state index contributed by atoms with van der Waals surface area (Å²) in [5, 5.41) is 7.93. The summed E-state index contributed by atoms with van der Waals surface area (Å²) in [4.78, 5) is 23.7. The lowest BCUT2D eigenvalue weighted by Crippen LogP contribution is -2.20. The van der Waals surface area contributed by atoms with Gasteiger partial charge in [0.15, 0.2) is 0 Å². The number of hydrazone groups is 2. The molecule has 31 heavy (non-hydrogen) atoms. The van der Waals surface area contributed by atoms with Crippen molar-refractivity contribution < 1.29 is 9.59 Å². The van der Waals surface area contributed by atoms with Gasteiger partial charge in [-0.3, -0.25) is 9.59 Å². The van der Waals surface area contributed by atoms with Crippen LogP contribution in [-0.4, -0.2) is 24.2 Å². The minimum absolute atomic E-state index is 0.220. The predicted molar refractivity (Wildman–Crippen MR) is 126 cm³/mol. The van der Waals surface area contributed by atoms with Gasteiger partial charge in [-0.2, -0.15) is 10.2 Å². The molecule has 164 valence electrons. The summed E-state index contributed by atoms with van der Waals surface area (Å²) < 4.78 is 0. The zero-order chi connectivity index (χ0) is 22.6. The van der Waals surface area contributed by atoms with E-state index in [4.69, 9.17) is 0 Å². The van der Waals surface area contributed by atoms with E-state index in [1.807, 2.05) is 24.3 Å². The van der Waals surface area contributed by atoms with Crippen LogP contribution in [0.2, 0.25) is 0 Å². The third-order valence-corrected chi connectivity index (χ3v) is 4.82. The van der Waals surface area contributed by atoms with Crippen molar-refractivity contribution in [3.05, 3.63) is 70.8 Å². The molecule has 0 aliphatic carbocycles. The van der Waals surface area contributed by atoms with Gasteiger partial charge in [0.05, 0.1) is 12.4 Å². The summed E-state index contributed by atoms with van der Waals surface area (Å²) in [6, 6.07) is 16.1. The van der Waals surface area contributed by atoms with Gasteiger partial charge in [0.2, 0.25) is 11.8 Å². The quantitative estimate of drug-likeness (QED) is 0.431. The van der Waals surface area contributed by atoms with E-state index in [-0.39, 0.29) is 24.7 Å². The summed E-state index contributed by atoms with van der Waals surface area (Å²) in [5.41, 5.74) is 9.33. The van der Waals surface area contributed by atoms with Gasteiger partial charge in [0, 0.05) is 12.8 Å². The smallest absolute Gasteiger partial charge is 0.240 e. The first kappa shape index (κ1) is 24.0. The zero-order valence-electron chi connectivity index (χ0n) is 18.8. The van der Waals surface area contributed by atoms with Crippen LogP contribution < -0.4 is 10.9 Å². The van der Waals surface area contributed by atoms with Crippen LogP contribution >= 0.6 is 0 Å². The van der Waals surface area contributed by atoms with Crippen molar-refractivity contribution >= 4 is 24.2 Å². The number of nitrogens with zero attached hydrogens (tertiary/aromatic N) is 2. The number of benzene rings is 2. The fourth-order valence-electron chi connectivity index (χ4n) is 2.81. The van der Waals surface area contributed by atoms with Crippen LogP contribution in [0.4, 0.5) is 0 Å². The summed E-state index contributed by atoms with van der Waals surface area (Å²) >= 11 is 0. The highest BCUT2D eigenvalue weighted by Gasteiger charge is 2.04. The molecule has 0 radical (unpaired) electrons. The highest BCUT2D eigenvalue weighted by Crippen LogP contribution is 2.14. The van der Waals surface area contributed by atoms with Crippen molar-refractivity contribution in [2.24, 2.45) is 10.2 Å². The summed E-state index contributed by atoms with van der Waals surface area (Å²) in [6.07, 6.45) is 4.08. The Labute approximate surface area is 184 Å². The predicted octanol–water partition coefficient (Wildman–Crippen LogP) is 4.70. The normalized spacial score (nSPS) is 11.5. The van der Waals surface area contributed by atoms with Gasteiger partial charge < -0.3 is 0 Å². The van der Waals surface area contributed by atoms with Crippen LogP contribution in [0.3, 0.4) is 0 Å². The third-order valence-electron chi connectivity index (χ3n) is 4.82. The molecule has 0 spiro atoms. The largest absolute Gasteiger partial charge is 0.273 e. The first-order valence-corrected chi connectivity index (χ1v) is 10.7. The van der Waals surface area contributed by atoms with E-state index in [1.165, 1.54) is 11.1 Å². The Kier molecular flexibility index (Phi) is 9.62. The van der Waals surface area contributed by atoms with Crippen molar-refractivity contribution in [1.82, 2.24) is 10.9 Å². The Morgan fingerprint density at radius 1 is 0.710 bits per heavy atom. The van der Waals surface area contributed by atoms with Crippen LogP contribution in [-0.2, 0) is 9.59 Å². The summed E-state index contributed by atoms with van der Waals surface area (Å²) in [7, 11) is 0. The number of nitrogens with one attached hydrogen (secondary N) is 2. The molecule has 0 fully saturated rings. The molecule has 0 saturated heterocycles. The number of hydrogen-bond acceptors (Lipinski definition) is 4. The summed E-state index contributed by atoms with van der Waals surface area (Å²) in [5.74, 6) is 0.503. The first-order chi connectivity index (χ1) is 14.8. The molecule has 2 aromatic rings. The Balaban J connectivity index is 1.64. The van der Waals surface area contributed by atoms with Gasteiger partial charge in [0.1, 0.15) is 0 Å². The SMILES string of the molecule is CC(C)c1ccc(C=NNC(=O)CCCC(=O)NN=Cc2ccc(C(C)C)cc2)cc1. The van der Waals surface area contributed by atoms with Gasteiger partial charge >= 0.3 is 0 Å². The lowest BCUT2D eigenvalue weighted by molar-refractivity contribution is -0.122. The van der Waals surface area contributed by atoms with Crippen LogP contribution in [0.5, 0.6) is 0 Å². The van der Waals surface area contributed by atoms with E-state index in [2.05, 4.69) is 73.0 Å². The molecule has 2 amide bonds. The molecule has 0 aromatic heterocycles. The molecule has 2 aromatic carbocycles. The van der Waals surface area contributed by atoms with Crippen LogP contribution in [0.1, 0.15) is 81.0 Å². The van der Waals surface area contributed by atoms with Gasteiger partial charge in [0.25, 0.3) is 0 Å². The summed E-state index contributed by atoms with van der Waals surface area (Å²) in [6.45, 7) is 8.56. The zero-order valence-corrected chi connectivity index (χ0v) is 18.8. The van der Waals surface area contributed by atoms with E-state index in [0.717, 1.165) is 11.1 Å². The monoisotopic (exact) mass is 420 g/mol. The van der Waals surface area contributed by atoms with E-state index < -0.39 is 0 Å². The van der Waals surface area contributed by atoms with Crippen molar-refractivity contribution in [3.8, 4) is 0 Å². The van der Waals surface area contributed by atoms with Gasteiger partial charge in [-0.05, 0) is 40.5 Å². The highest BCUT2D eigenvalue weighted by molar-refractivity contribution is 5.84. The molecule has 0 saturated carbocycles. The molecule has 6 heteroatoms. The molecular formula is C25H32N4O2. The molecule has 0 atom stereocenters. The number of hydrogen-bond donors (Lipinski definition) is 2. The average molecular weight is 421 g/mol. The maximum Gasteiger partial charge on any atom is 0.240 e. The molecule has 0 bridgehead atoms. The van der Waals surface area contributed by atoms with E-state index in [9.17, 15) is 9.59 Å². The van der Waals surface area contributed by atoms with Gasteiger partial charge in [-0.15, -0.1) is 0 Å². The average Bonchev–Trinajstić information content (AvgIpc) is 2.74. The Morgan fingerprint density at radius 3 is 1.39 bits per heavy atom. The molecule has 0 heterocycles. The van der Waals surface area contributed by atoms with Crippen LogP contribution in [0.25, 0.3) is 0 Å². The van der Waals surface area contributed by atoms with Crippen molar-refractivity contribution in [3.63, 3.8) is 0 Å². The van der Waals surface area contributed by atoms with E-state index in [1.54, 1.807) is 12.4 Å². The number of amides is 2. The standard InChI is InChI=1S/C25H32N4O2/c1-18(2)22-12-8-20(9-13-22)16-26-28-24(30)6-5-7-25(31)29-27-17-21-10-14-23(15-11-21)19(3)4/h8-19H,5-7H2,1-4H3,(H,28,30)(H,29,31). The van der Waals surface area contributed by atoms with Gasteiger partial charge in [-0.25, -0.2) is 10.9 Å². The molecule has 0 aliphatic heterocycles. The second-order valence-electron chi connectivity index (χ2n) is 8.08. The van der Waals surface area contributed by atoms with Crippen molar-refractivity contribution in [2.45, 2.75) is 58.8 Å². The fourth-order valence-corrected chi connectivity index (χ4v) is 2.81. The fraction of sp³-hybridized carbons (Fsp3) is 0.360. The maximum atomic E-state index is 11.8. The topological polar surface area (TPSA) is 82.9 Å². The van der Waals surface area contributed by atoms with Crippen molar-refractivity contribution in [2.75, 3.05) is 0 Å². The lowest BCUT2D eigenvalue weighted by atomic mass is 10.0.